The van der Waals surface area contributed by atoms with E-state index in [0.717, 1.165) is 18.6 Å². The minimum atomic E-state index is 0.0747. The summed E-state index contributed by atoms with van der Waals surface area (Å²) in [5.41, 5.74) is 3.77. The van der Waals surface area contributed by atoms with E-state index in [2.05, 4.69) is 39.8 Å². The highest BCUT2D eigenvalue weighted by Crippen LogP contribution is 2.35. The summed E-state index contributed by atoms with van der Waals surface area (Å²) in [5.74, 6) is 0.983. The van der Waals surface area contributed by atoms with Gasteiger partial charge in [0.05, 0.1) is 7.11 Å². The Balaban J connectivity index is 3.25. The van der Waals surface area contributed by atoms with Crippen molar-refractivity contribution >= 4 is 0 Å². The highest BCUT2D eigenvalue weighted by atomic mass is 16.5. The first kappa shape index (κ1) is 14.0. The van der Waals surface area contributed by atoms with Crippen LogP contribution in [0.1, 0.15) is 43.9 Å². The largest absolute Gasteiger partial charge is 0.496 e. The van der Waals surface area contributed by atoms with Gasteiger partial charge in [-0.15, -0.1) is 0 Å². The number of rotatable bonds is 4. The van der Waals surface area contributed by atoms with Crippen molar-refractivity contribution in [1.82, 2.24) is 0 Å². The molecule has 0 radical (unpaired) electrons. The van der Waals surface area contributed by atoms with Gasteiger partial charge in [0.25, 0.3) is 0 Å². The SMILES string of the molecule is COc1c(CCCO)cc(C)cc1C(C)(C)C. The molecule has 0 bridgehead atoms. The summed E-state index contributed by atoms with van der Waals surface area (Å²) in [7, 11) is 1.72. The van der Waals surface area contributed by atoms with Crippen LogP contribution in [0.15, 0.2) is 12.1 Å². The second-order valence-electron chi connectivity index (χ2n) is 5.58. The first-order valence-electron chi connectivity index (χ1n) is 6.19. The van der Waals surface area contributed by atoms with E-state index in [1.54, 1.807) is 7.11 Å². The molecular weight excluding hydrogens is 212 g/mol. The molecule has 96 valence electrons. The van der Waals surface area contributed by atoms with Crippen LogP contribution in [0.5, 0.6) is 5.75 Å². The summed E-state index contributed by atoms with van der Waals surface area (Å²) in [6.07, 6.45) is 1.65. The summed E-state index contributed by atoms with van der Waals surface area (Å²) < 4.78 is 5.57. The second-order valence-corrected chi connectivity index (χ2v) is 5.58. The van der Waals surface area contributed by atoms with Crippen molar-refractivity contribution in [2.24, 2.45) is 0 Å². The van der Waals surface area contributed by atoms with Gasteiger partial charge in [-0.25, -0.2) is 0 Å². The van der Waals surface area contributed by atoms with Crippen molar-refractivity contribution in [1.29, 1.82) is 0 Å². The number of aliphatic hydroxyl groups is 1. The summed E-state index contributed by atoms with van der Waals surface area (Å²) >= 11 is 0. The molecule has 0 saturated carbocycles. The van der Waals surface area contributed by atoms with Gasteiger partial charge in [0.1, 0.15) is 5.75 Å². The Hall–Kier alpha value is -1.02. The van der Waals surface area contributed by atoms with E-state index < -0.39 is 0 Å². The van der Waals surface area contributed by atoms with Crippen molar-refractivity contribution in [2.45, 2.75) is 46.0 Å². The number of benzene rings is 1. The fraction of sp³-hybridized carbons (Fsp3) is 0.600. The first-order chi connectivity index (χ1) is 7.90. The smallest absolute Gasteiger partial charge is 0.125 e. The molecule has 0 unspecified atom stereocenters. The molecule has 0 heterocycles. The Kier molecular flexibility index (Phi) is 4.58. The van der Waals surface area contributed by atoms with Gasteiger partial charge in [-0.05, 0) is 30.7 Å². The molecule has 0 atom stereocenters. The highest BCUT2D eigenvalue weighted by molar-refractivity contribution is 5.47. The fourth-order valence-electron chi connectivity index (χ4n) is 2.10. The zero-order chi connectivity index (χ0) is 13.1. The van der Waals surface area contributed by atoms with Crippen LogP contribution >= 0.6 is 0 Å². The van der Waals surface area contributed by atoms with Gasteiger partial charge < -0.3 is 9.84 Å². The van der Waals surface area contributed by atoms with Gasteiger partial charge >= 0.3 is 0 Å². The number of hydrogen-bond donors (Lipinski definition) is 1. The van der Waals surface area contributed by atoms with E-state index in [4.69, 9.17) is 9.84 Å². The number of aryl methyl sites for hydroxylation is 2. The van der Waals surface area contributed by atoms with Crippen LogP contribution in [0.3, 0.4) is 0 Å². The molecule has 1 aromatic carbocycles. The van der Waals surface area contributed by atoms with E-state index in [0.29, 0.717) is 0 Å². The van der Waals surface area contributed by atoms with Crippen LogP contribution in [0.2, 0.25) is 0 Å². The Morgan fingerprint density at radius 2 is 1.88 bits per heavy atom. The van der Waals surface area contributed by atoms with Crippen LogP contribution in [0.4, 0.5) is 0 Å². The van der Waals surface area contributed by atoms with Crippen LogP contribution < -0.4 is 4.74 Å². The third-order valence-corrected chi connectivity index (χ3v) is 2.93. The van der Waals surface area contributed by atoms with Crippen LogP contribution in [-0.2, 0) is 11.8 Å². The number of methoxy groups -OCH3 is 1. The maximum atomic E-state index is 8.95. The molecule has 17 heavy (non-hydrogen) atoms. The summed E-state index contributed by atoms with van der Waals surface area (Å²) in [4.78, 5) is 0. The topological polar surface area (TPSA) is 29.5 Å². The molecular formula is C15H24O2. The monoisotopic (exact) mass is 236 g/mol. The van der Waals surface area contributed by atoms with E-state index in [1.165, 1.54) is 16.7 Å². The summed E-state index contributed by atoms with van der Waals surface area (Å²) in [6, 6.07) is 4.35. The average molecular weight is 236 g/mol. The van der Waals surface area contributed by atoms with E-state index in [9.17, 15) is 0 Å². The Labute approximate surface area is 105 Å². The van der Waals surface area contributed by atoms with Gasteiger partial charge in [-0.1, -0.05) is 38.5 Å². The molecule has 0 aliphatic rings. The second kappa shape index (κ2) is 5.54. The zero-order valence-electron chi connectivity index (χ0n) is 11.6. The van der Waals surface area contributed by atoms with Gasteiger partial charge in [-0.3, -0.25) is 0 Å². The quantitative estimate of drug-likeness (QED) is 0.869. The first-order valence-corrected chi connectivity index (χ1v) is 6.19. The maximum Gasteiger partial charge on any atom is 0.125 e. The molecule has 0 spiro atoms. The minimum absolute atomic E-state index is 0.0747. The Morgan fingerprint density at radius 1 is 1.24 bits per heavy atom. The number of ether oxygens (including phenoxy) is 1. The molecule has 0 aliphatic carbocycles. The normalized spacial score (nSPS) is 11.6. The van der Waals surface area contributed by atoms with Crippen molar-refractivity contribution in [3.63, 3.8) is 0 Å². The van der Waals surface area contributed by atoms with Gasteiger partial charge in [-0.2, -0.15) is 0 Å². The van der Waals surface area contributed by atoms with Crippen molar-refractivity contribution in [3.05, 3.63) is 28.8 Å². The molecule has 1 rings (SSSR count). The summed E-state index contributed by atoms with van der Waals surface area (Å²) in [5, 5.41) is 8.95. The Morgan fingerprint density at radius 3 is 2.35 bits per heavy atom. The molecule has 0 amide bonds. The van der Waals surface area contributed by atoms with Gasteiger partial charge in [0, 0.05) is 12.2 Å². The number of aliphatic hydroxyl groups excluding tert-OH is 1. The average Bonchev–Trinajstić information content (AvgIpc) is 2.24. The third-order valence-electron chi connectivity index (χ3n) is 2.93. The van der Waals surface area contributed by atoms with Gasteiger partial charge in [0.15, 0.2) is 0 Å². The standard InChI is InChI=1S/C15H24O2/c1-11-9-12(7-6-8-16)14(17-5)13(10-11)15(2,3)4/h9-10,16H,6-8H2,1-5H3. The Bertz CT molecular complexity index is 375. The van der Waals surface area contributed by atoms with E-state index in [1.807, 2.05) is 0 Å². The highest BCUT2D eigenvalue weighted by Gasteiger charge is 2.21. The van der Waals surface area contributed by atoms with E-state index in [-0.39, 0.29) is 12.0 Å². The lowest BCUT2D eigenvalue weighted by molar-refractivity contribution is 0.287. The van der Waals surface area contributed by atoms with Crippen molar-refractivity contribution in [3.8, 4) is 5.75 Å². The predicted molar refractivity (Wildman–Crippen MR) is 71.8 cm³/mol. The van der Waals surface area contributed by atoms with Gasteiger partial charge in [0.2, 0.25) is 0 Å². The van der Waals surface area contributed by atoms with Crippen LogP contribution in [0, 0.1) is 6.92 Å². The lowest BCUT2D eigenvalue weighted by Gasteiger charge is -2.25. The van der Waals surface area contributed by atoms with Crippen LogP contribution in [-0.4, -0.2) is 18.8 Å². The minimum Gasteiger partial charge on any atom is -0.496 e. The predicted octanol–water partition coefficient (Wildman–Crippen LogP) is 3.23. The lowest BCUT2D eigenvalue weighted by atomic mass is 9.83. The number of hydrogen-bond acceptors (Lipinski definition) is 2. The third kappa shape index (κ3) is 3.47. The molecule has 2 nitrogen and oxygen atoms in total. The lowest BCUT2D eigenvalue weighted by Crippen LogP contribution is -2.14. The molecule has 0 saturated heterocycles. The molecule has 1 aromatic rings. The van der Waals surface area contributed by atoms with Crippen molar-refractivity contribution < 1.29 is 9.84 Å². The molecule has 2 heteroatoms. The molecule has 1 N–H and O–H groups in total. The zero-order valence-corrected chi connectivity index (χ0v) is 11.6. The fourth-order valence-corrected chi connectivity index (χ4v) is 2.10. The molecule has 0 aromatic heterocycles. The molecule has 0 aliphatic heterocycles. The van der Waals surface area contributed by atoms with Crippen LogP contribution in [0.25, 0.3) is 0 Å². The summed E-state index contributed by atoms with van der Waals surface area (Å²) in [6.45, 7) is 8.92. The molecule has 0 fully saturated rings. The van der Waals surface area contributed by atoms with Crippen molar-refractivity contribution in [2.75, 3.05) is 13.7 Å². The van der Waals surface area contributed by atoms with E-state index >= 15 is 0 Å². The maximum absolute atomic E-state index is 8.95.